The Balaban J connectivity index is 1.86. The third-order valence-electron chi connectivity index (χ3n) is 3.73. The Morgan fingerprint density at radius 3 is 2.74 bits per heavy atom. The molecular formula is C16H17N5O2. The van der Waals surface area contributed by atoms with E-state index >= 15 is 0 Å². The summed E-state index contributed by atoms with van der Waals surface area (Å²) in [5.41, 5.74) is 7.12. The molecular weight excluding hydrogens is 294 g/mol. The predicted octanol–water partition coefficient (Wildman–Crippen LogP) is 0.810. The molecule has 1 aromatic carbocycles. The van der Waals surface area contributed by atoms with E-state index in [0.717, 1.165) is 5.56 Å². The molecule has 7 heteroatoms. The summed E-state index contributed by atoms with van der Waals surface area (Å²) in [5.74, 6) is -0.0260. The van der Waals surface area contributed by atoms with E-state index in [1.807, 2.05) is 30.3 Å². The van der Waals surface area contributed by atoms with E-state index in [2.05, 4.69) is 15.3 Å². The molecule has 3 rings (SSSR count). The number of carbonyl (C=O) groups excluding carboxylic acids is 2. The van der Waals surface area contributed by atoms with Crippen molar-refractivity contribution >= 4 is 11.9 Å². The van der Waals surface area contributed by atoms with Gasteiger partial charge in [0.2, 0.25) is 0 Å². The zero-order valence-corrected chi connectivity index (χ0v) is 12.5. The molecule has 0 atom stereocenters. The second-order valence-electron chi connectivity index (χ2n) is 5.25. The summed E-state index contributed by atoms with van der Waals surface area (Å²) >= 11 is 0. The number of nitrogens with two attached hydrogens (primary N) is 1. The molecule has 1 saturated heterocycles. The maximum absolute atomic E-state index is 11.6. The van der Waals surface area contributed by atoms with Crippen LogP contribution in [0.4, 0.5) is 4.79 Å². The number of aromatic nitrogens is 2. The largest absolute Gasteiger partial charge is 0.365 e. The van der Waals surface area contributed by atoms with Crippen molar-refractivity contribution in [2.24, 2.45) is 5.73 Å². The van der Waals surface area contributed by atoms with Crippen LogP contribution in [0.3, 0.4) is 0 Å². The Morgan fingerprint density at radius 1 is 1.30 bits per heavy atom. The lowest BCUT2D eigenvalue weighted by molar-refractivity contribution is 0.0998. The standard InChI is InChI=1S/C16H17N5O2/c17-14(22)12-10-19-15(11-4-2-1-3-5-11)20-13(12)6-8-21-9-7-18-16(21)23/h1-5,10H,6-9H2,(H2,17,22)(H,18,23). The van der Waals surface area contributed by atoms with Crippen molar-refractivity contribution in [2.75, 3.05) is 19.6 Å². The number of hydrogen-bond acceptors (Lipinski definition) is 4. The van der Waals surface area contributed by atoms with Gasteiger partial charge in [-0.2, -0.15) is 0 Å². The molecule has 2 heterocycles. The third-order valence-corrected chi connectivity index (χ3v) is 3.73. The predicted molar refractivity (Wildman–Crippen MR) is 84.7 cm³/mol. The molecule has 1 aliphatic heterocycles. The first kappa shape index (κ1) is 15.0. The molecule has 0 saturated carbocycles. The minimum absolute atomic E-state index is 0.0945. The van der Waals surface area contributed by atoms with Crippen LogP contribution < -0.4 is 11.1 Å². The number of amides is 3. The topological polar surface area (TPSA) is 101 Å². The highest BCUT2D eigenvalue weighted by atomic mass is 16.2. The molecule has 0 spiro atoms. The van der Waals surface area contributed by atoms with Gasteiger partial charge in [-0.3, -0.25) is 4.79 Å². The van der Waals surface area contributed by atoms with Crippen LogP contribution in [-0.4, -0.2) is 46.4 Å². The number of benzene rings is 1. The molecule has 0 bridgehead atoms. The van der Waals surface area contributed by atoms with E-state index in [1.54, 1.807) is 4.90 Å². The van der Waals surface area contributed by atoms with Gasteiger partial charge in [-0.25, -0.2) is 14.8 Å². The van der Waals surface area contributed by atoms with Crippen LogP contribution in [0, 0.1) is 0 Å². The average molecular weight is 311 g/mol. The highest BCUT2D eigenvalue weighted by Gasteiger charge is 2.20. The minimum Gasteiger partial charge on any atom is -0.365 e. The molecule has 3 amide bonds. The van der Waals surface area contributed by atoms with Gasteiger partial charge in [0.1, 0.15) is 0 Å². The maximum atomic E-state index is 11.6. The van der Waals surface area contributed by atoms with Crippen molar-refractivity contribution in [1.82, 2.24) is 20.2 Å². The molecule has 0 aliphatic carbocycles. The van der Waals surface area contributed by atoms with E-state index in [-0.39, 0.29) is 6.03 Å². The van der Waals surface area contributed by atoms with Gasteiger partial charge >= 0.3 is 6.03 Å². The summed E-state index contributed by atoms with van der Waals surface area (Å²) in [6, 6.07) is 9.41. The van der Waals surface area contributed by atoms with Gasteiger partial charge in [0.15, 0.2) is 5.82 Å². The minimum atomic E-state index is -0.564. The van der Waals surface area contributed by atoms with Crippen molar-refractivity contribution in [3.8, 4) is 11.4 Å². The SMILES string of the molecule is NC(=O)c1cnc(-c2ccccc2)nc1CCN1CCNC1=O. The lowest BCUT2D eigenvalue weighted by Crippen LogP contribution is -2.30. The van der Waals surface area contributed by atoms with E-state index in [9.17, 15) is 9.59 Å². The fourth-order valence-corrected chi connectivity index (χ4v) is 2.51. The molecule has 1 fully saturated rings. The Hall–Kier alpha value is -2.96. The van der Waals surface area contributed by atoms with Crippen molar-refractivity contribution in [2.45, 2.75) is 6.42 Å². The van der Waals surface area contributed by atoms with Gasteiger partial charge in [-0.15, -0.1) is 0 Å². The summed E-state index contributed by atoms with van der Waals surface area (Å²) in [5, 5.41) is 2.74. The Morgan fingerprint density at radius 2 is 2.09 bits per heavy atom. The van der Waals surface area contributed by atoms with Crippen LogP contribution in [0.5, 0.6) is 0 Å². The number of nitrogens with one attached hydrogen (secondary N) is 1. The summed E-state index contributed by atoms with van der Waals surface area (Å²) in [4.78, 5) is 33.6. The zero-order chi connectivity index (χ0) is 16.2. The fourth-order valence-electron chi connectivity index (χ4n) is 2.51. The summed E-state index contributed by atoms with van der Waals surface area (Å²) in [6.45, 7) is 1.78. The number of primary amides is 1. The van der Waals surface area contributed by atoms with Crippen LogP contribution in [0.1, 0.15) is 16.1 Å². The second-order valence-corrected chi connectivity index (χ2v) is 5.25. The van der Waals surface area contributed by atoms with Crippen LogP contribution in [0.2, 0.25) is 0 Å². The lowest BCUT2D eigenvalue weighted by atomic mass is 10.1. The summed E-state index contributed by atoms with van der Waals surface area (Å²) in [7, 11) is 0. The van der Waals surface area contributed by atoms with Crippen LogP contribution in [0.25, 0.3) is 11.4 Å². The highest BCUT2D eigenvalue weighted by Crippen LogP contribution is 2.16. The number of carbonyl (C=O) groups is 2. The summed E-state index contributed by atoms with van der Waals surface area (Å²) in [6.07, 6.45) is 1.91. The van der Waals surface area contributed by atoms with E-state index in [0.29, 0.717) is 43.1 Å². The first-order valence-electron chi connectivity index (χ1n) is 7.39. The van der Waals surface area contributed by atoms with Gasteiger partial charge < -0.3 is 16.0 Å². The molecule has 7 nitrogen and oxygen atoms in total. The van der Waals surface area contributed by atoms with Gasteiger partial charge in [0.05, 0.1) is 11.3 Å². The number of hydrogen-bond donors (Lipinski definition) is 2. The van der Waals surface area contributed by atoms with Crippen molar-refractivity contribution in [1.29, 1.82) is 0 Å². The Bertz CT molecular complexity index is 733. The van der Waals surface area contributed by atoms with Gasteiger partial charge in [0.25, 0.3) is 5.91 Å². The molecule has 118 valence electrons. The molecule has 0 unspecified atom stereocenters. The molecule has 1 aliphatic rings. The molecule has 1 aromatic heterocycles. The average Bonchev–Trinajstić information content (AvgIpc) is 2.98. The van der Waals surface area contributed by atoms with E-state index in [4.69, 9.17) is 5.73 Å². The lowest BCUT2D eigenvalue weighted by Gasteiger charge is -2.15. The van der Waals surface area contributed by atoms with E-state index in [1.165, 1.54) is 6.20 Å². The van der Waals surface area contributed by atoms with Gasteiger partial charge in [-0.05, 0) is 0 Å². The molecule has 2 aromatic rings. The number of urea groups is 1. The number of rotatable bonds is 5. The molecule has 23 heavy (non-hydrogen) atoms. The van der Waals surface area contributed by atoms with Crippen LogP contribution in [0.15, 0.2) is 36.5 Å². The van der Waals surface area contributed by atoms with Gasteiger partial charge in [0, 0.05) is 37.8 Å². The first-order chi connectivity index (χ1) is 11.1. The van der Waals surface area contributed by atoms with Crippen LogP contribution in [-0.2, 0) is 6.42 Å². The monoisotopic (exact) mass is 311 g/mol. The van der Waals surface area contributed by atoms with Crippen LogP contribution >= 0.6 is 0 Å². The maximum Gasteiger partial charge on any atom is 0.317 e. The van der Waals surface area contributed by atoms with E-state index < -0.39 is 5.91 Å². The van der Waals surface area contributed by atoms with Gasteiger partial charge in [-0.1, -0.05) is 30.3 Å². The molecule has 0 radical (unpaired) electrons. The normalized spacial score (nSPS) is 13.9. The Kier molecular flexibility index (Phi) is 4.18. The number of nitrogens with zero attached hydrogens (tertiary/aromatic N) is 3. The zero-order valence-electron chi connectivity index (χ0n) is 12.5. The Labute approximate surface area is 133 Å². The highest BCUT2D eigenvalue weighted by molar-refractivity contribution is 5.93. The molecule has 3 N–H and O–H groups in total. The smallest absolute Gasteiger partial charge is 0.317 e. The van der Waals surface area contributed by atoms with Crippen molar-refractivity contribution in [3.63, 3.8) is 0 Å². The quantitative estimate of drug-likeness (QED) is 0.853. The fraction of sp³-hybridized carbons (Fsp3) is 0.250. The first-order valence-corrected chi connectivity index (χ1v) is 7.39. The van der Waals surface area contributed by atoms with Crippen molar-refractivity contribution < 1.29 is 9.59 Å². The second kappa shape index (κ2) is 6.43. The van der Waals surface area contributed by atoms with Crippen molar-refractivity contribution in [3.05, 3.63) is 47.8 Å². The third kappa shape index (κ3) is 3.28. The summed E-state index contributed by atoms with van der Waals surface area (Å²) < 4.78 is 0.